The van der Waals surface area contributed by atoms with Crippen molar-refractivity contribution in [2.75, 3.05) is 0 Å². The molecule has 0 atom stereocenters. The third kappa shape index (κ3) is 3.22. The van der Waals surface area contributed by atoms with E-state index < -0.39 is 17.4 Å². The van der Waals surface area contributed by atoms with E-state index in [0.29, 0.717) is 16.3 Å². The van der Waals surface area contributed by atoms with Gasteiger partial charge in [-0.05, 0) is 23.8 Å². The van der Waals surface area contributed by atoms with Crippen LogP contribution in [0.5, 0.6) is 11.5 Å². The molecule has 0 bridgehead atoms. The maximum absolute atomic E-state index is 12.4. The fourth-order valence-corrected chi connectivity index (χ4v) is 2.59. The highest BCUT2D eigenvalue weighted by Gasteiger charge is 2.15. The van der Waals surface area contributed by atoms with Gasteiger partial charge in [0.15, 0.2) is 17.2 Å². The largest absolute Gasteiger partial charge is 0.504 e. The number of phenols is 2. The summed E-state index contributed by atoms with van der Waals surface area (Å²) in [6.45, 7) is 0. The first-order chi connectivity index (χ1) is 12.4. The van der Waals surface area contributed by atoms with Crippen LogP contribution in [-0.4, -0.2) is 32.1 Å². The molecule has 0 unspecified atom stereocenters. The van der Waals surface area contributed by atoms with Gasteiger partial charge in [-0.25, -0.2) is 10.1 Å². The summed E-state index contributed by atoms with van der Waals surface area (Å²) in [5.74, 6) is -1.45. The predicted octanol–water partition coefficient (Wildman–Crippen LogP) is 1.76. The zero-order valence-corrected chi connectivity index (χ0v) is 14.2. The summed E-state index contributed by atoms with van der Waals surface area (Å²) in [5, 5.41) is 27.4. The Morgan fingerprint density at radius 2 is 1.96 bits per heavy atom. The van der Waals surface area contributed by atoms with Gasteiger partial charge >= 0.3 is 0 Å². The number of hydrogen-bond acceptors (Lipinski definition) is 6. The topological polar surface area (TPSA) is 117 Å². The number of carbonyl (C=O) groups is 1. The lowest BCUT2D eigenvalue weighted by Gasteiger charge is -2.06. The molecule has 0 saturated heterocycles. The number of hydrogen-bond donors (Lipinski definition) is 3. The minimum absolute atomic E-state index is 0.0476. The average Bonchev–Trinajstić information content (AvgIpc) is 2.62. The number of nitrogens with zero attached hydrogens (tertiary/aromatic N) is 3. The number of amides is 1. The molecular formula is C17H13ClN4O4. The first-order valence-corrected chi connectivity index (χ1v) is 7.77. The molecule has 0 radical (unpaired) electrons. The van der Waals surface area contributed by atoms with E-state index >= 15 is 0 Å². The smallest absolute Gasteiger partial charge is 0.292 e. The molecule has 0 fully saturated rings. The molecule has 1 aromatic heterocycles. The Morgan fingerprint density at radius 1 is 1.27 bits per heavy atom. The lowest BCUT2D eigenvalue weighted by Crippen LogP contribution is -2.27. The number of hydrazone groups is 1. The summed E-state index contributed by atoms with van der Waals surface area (Å²) in [6.07, 6.45) is 1.24. The molecule has 3 aromatic rings. The number of aromatic hydroxyl groups is 2. The molecule has 132 valence electrons. The number of rotatable bonds is 3. The second-order valence-electron chi connectivity index (χ2n) is 5.39. The zero-order valence-electron chi connectivity index (χ0n) is 13.5. The van der Waals surface area contributed by atoms with Crippen molar-refractivity contribution in [3.63, 3.8) is 0 Å². The second-order valence-corrected chi connectivity index (χ2v) is 5.80. The van der Waals surface area contributed by atoms with Gasteiger partial charge in [-0.1, -0.05) is 29.8 Å². The van der Waals surface area contributed by atoms with Crippen LogP contribution in [0.2, 0.25) is 5.02 Å². The van der Waals surface area contributed by atoms with Crippen molar-refractivity contribution in [3.8, 4) is 11.5 Å². The SMILES string of the molecule is Cn1nc(C(=O)N/N=C/c2cc(O)c(O)c(Cl)c2)c2ccccc2c1=O. The van der Waals surface area contributed by atoms with Gasteiger partial charge in [0.1, 0.15) is 0 Å². The Kier molecular flexibility index (Phi) is 4.59. The van der Waals surface area contributed by atoms with E-state index in [1.54, 1.807) is 24.3 Å². The monoisotopic (exact) mass is 372 g/mol. The Bertz CT molecular complexity index is 1080. The van der Waals surface area contributed by atoms with E-state index in [1.807, 2.05) is 0 Å². The average molecular weight is 373 g/mol. The molecule has 1 heterocycles. The highest BCUT2D eigenvalue weighted by Crippen LogP contribution is 2.33. The van der Waals surface area contributed by atoms with Gasteiger partial charge in [-0.3, -0.25) is 9.59 Å². The predicted molar refractivity (Wildman–Crippen MR) is 96.8 cm³/mol. The molecule has 0 aliphatic rings. The molecular weight excluding hydrogens is 360 g/mol. The molecule has 2 aromatic carbocycles. The first kappa shape index (κ1) is 17.4. The molecule has 26 heavy (non-hydrogen) atoms. The van der Waals surface area contributed by atoms with Gasteiger partial charge in [0.2, 0.25) is 0 Å². The summed E-state index contributed by atoms with van der Waals surface area (Å²) in [5.41, 5.74) is 2.41. The molecule has 1 amide bonds. The van der Waals surface area contributed by atoms with Gasteiger partial charge in [-0.2, -0.15) is 10.2 Å². The minimum Gasteiger partial charge on any atom is -0.504 e. The van der Waals surface area contributed by atoms with Gasteiger partial charge in [-0.15, -0.1) is 0 Å². The van der Waals surface area contributed by atoms with E-state index in [9.17, 15) is 19.8 Å². The number of aromatic nitrogens is 2. The van der Waals surface area contributed by atoms with Crippen LogP contribution in [0.25, 0.3) is 10.8 Å². The standard InChI is InChI=1S/C17H13ClN4O4/c1-22-17(26)11-5-3-2-4-10(11)14(21-22)16(25)20-19-8-9-6-12(18)15(24)13(23)7-9/h2-8,23-24H,1H3,(H,20,25)/b19-8+. The Balaban J connectivity index is 1.89. The summed E-state index contributed by atoms with van der Waals surface area (Å²) >= 11 is 5.75. The quantitative estimate of drug-likeness (QED) is 0.368. The van der Waals surface area contributed by atoms with Crippen molar-refractivity contribution in [1.82, 2.24) is 15.2 Å². The normalized spacial score (nSPS) is 11.2. The van der Waals surface area contributed by atoms with Crippen LogP contribution in [0.1, 0.15) is 16.1 Å². The van der Waals surface area contributed by atoms with Crippen LogP contribution >= 0.6 is 11.6 Å². The van der Waals surface area contributed by atoms with Crippen LogP contribution in [-0.2, 0) is 7.05 Å². The maximum Gasteiger partial charge on any atom is 0.292 e. The van der Waals surface area contributed by atoms with Crippen molar-refractivity contribution in [2.45, 2.75) is 0 Å². The number of aryl methyl sites for hydroxylation is 1. The van der Waals surface area contributed by atoms with Gasteiger partial charge in [0, 0.05) is 12.4 Å². The maximum atomic E-state index is 12.4. The molecule has 0 spiro atoms. The van der Waals surface area contributed by atoms with Crippen molar-refractivity contribution < 1.29 is 15.0 Å². The third-order valence-electron chi connectivity index (χ3n) is 3.62. The molecule has 0 saturated carbocycles. The zero-order chi connectivity index (χ0) is 18.8. The third-order valence-corrected chi connectivity index (χ3v) is 3.91. The van der Waals surface area contributed by atoms with E-state index in [2.05, 4.69) is 15.6 Å². The summed E-state index contributed by atoms with van der Waals surface area (Å²) in [6, 6.07) is 9.24. The van der Waals surface area contributed by atoms with E-state index in [0.717, 1.165) is 4.68 Å². The summed E-state index contributed by atoms with van der Waals surface area (Å²) in [7, 11) is 1.45. The molecule has 3 N–H and O–H groups in total. The van der Waals surface area contributed by atoms with Crippen molar-refractivity contribution in [1.29, 1.82) is 0 Å². The number of halogens is 1. The number of carbonyl (C=O) groups excluding carboxylic acids is 1. The molecule has 0 aliphatic heterocycles. The molecule has 0 aliphatic carbocycles. The minimum atomic E-state index is -0.609. The lowest BCUT2D eigenvalue weighted by atomic mass is 10.1. The summed E-state index contributed by atoms with van der Waals surface area (Å²) in [4.78, 5) is 24.5. The van der Waals surface area contributed by atoms with Crippen LogP contribution in [0.15, 0.2) is 46.3 Å². The van der Waals surface area contributed by atoms with E-state index in [1.165, 1.54) is 25.4 Å². The number of benzene rings is 2. The number of phenolic OH excluding ortho intramolecular Hbond substituents is 2. The van der Waals surface area contributed by atoms with Crippen LogP contribution < -0.4 is 11.0 Å². The van der Waals surface area contributed by atoms with Crippen molar-refractivity contribution in [2.24, 2.45) is 12.1 Å². The highest BCUT2D eigenvalue weighted by molar-refractivity contribution is 6.32. The first-order valence-electron chi connectivity index (χ1n) is 7.39. The fourth-order valence-electron chi connectivity index (χ4n) is 2.37. The molecule has 8 nitrogen and oxygen atoms in total. The van der Waals surface area contributed by atoms with E-state index in [-0.39, 0.29) is 16.3 Å². The number of fused-ring (bicyclic) bond motifs is 1. The van der Waals surface area contributed by atoms with Crippen LogP contribution in [0, 0.1) is 0 Å². The second kappa shape index (κ2) is 6.85. The van der Waals surface area contributed by atoms with Crippen molar-refractivity contribution >= 4 is 34.5 Å². The van der Waals surface area contributed by atoms with Gasteiger partial charge < -0.3 is 10.2 Å². The number of nitrogens with one attached hydrogen (secondary N) is 1. The Morgan fingerprint density at radius 3 is 2.65 bits per heavy atom. The van der Waals surface area contributed by atoms with Crippen LogP contribution in [0.3, 0.4) is 0 Å². The fraction of sp³-hybridized carbons (Fsp3) is 0.0588. The van der Waals surface area contributed by atoms with E-state index in [4.69, 9.17) is 11.6 Å². The van der Waals surface area contributed by atoms with Gasteiger partial charge in [0.25, 0.3) is 11.5 Å². The molecule has 9 heteroatoms. The van der Waals surface area contributed by atoms with Crippen molar-refractivity contribution in [3.05, 3.63) is 63.0 Å². The summed E-state index contributed by atoms with van der Waals surface area (Å²) < 4.78 is 1.08. The highest BCUT2D eigenvalue weighted by atomic mass is 35.5. The van der Waals surface area contributed by atoms with Gasteiger partial charge in [0.05, 0.1) is 16.6 Å². The Labute approximate surface area is 152 Å². The molecule has 3 rings (SSSR count). The Hall–Kier alpha value is -3.39. The lowest BCUT2D eigenvalue weighted by molar-refractivity contribution is 0.0950. The van der Waals surface area contributed by atoms with Crippen LogP contribution in [0.4, 0.5) is 0 Å².